The first-order valence-corrected chi connectivity index (χ1v) is 9.11. The van der Waals surface area contributed by atoms with E-state index in [0.717, 1.165) is 42.9 Å². The second kappa shape index (κ2) is 7.75. The van der Waals surface area contributed by atoms with Crippen LogP contribution in [0, 0.1) is 5.82 Å². The highest BCUT2D eigenvalue weighted by Gasteiger charge is 2.27. The zero-order valence-corrected chi connectivity index (χ0v) is 14.7. The molecule has 1 fully saturated rings. The third-order valence-electron chi connectivity index (χ3n) is 4.97. The summed E-state index contributed by atoms with van der Waals surface area (Å²) >= 11 is 0. The highest BCUT2D eigenvalue weighted by atomic mass is 19.1. The van der Waals surface area contributed by atoms with Gasteiger partial charge in [0.1, 0.15) is 5.82 Å². The van der Waals surface area contributed by atoms with Crippen LogP contribution in [0.3, 0.4) is 0 Å². The van der Waals surface area contributed by atoms with Gasteiger partial charge in [-0.05, 0) is 66.9 Å². The molecule has 0 aliphatic carbocycles. The van der Waals surface area contributed by atoms with E-state index in [2.05, 4.69) is 40.2 Å². The van der Waals surface area contributed by atoms with Crippen LogP contribution < -0.4 is 0 Å². The molecule has 3 nitrogen and oxygen atoms in total. The number of pyridine rings is 2. The topological polar surface area (TPSA) is 29.0 Å². The third-order valence-corrected chi connectivity index (χ3v) is 4.97. The van der Waals surface area contributed by atoms with Crippen LogP contribution in [0.25, 0.3) is 0 Å². The fourth-order valence-electron chi connectivity index (χ4n) is 3.67. The van der Waals surface area contributed by atoms with Gasteiger partial charge in [0, 0.05) is 31.1 Å². The molecule has 4 rings (SSSR count). The van der Waals surface area contributed by atoms with Gasteiger partial charge in [-0.15, -0.1) is 0 Å². The zero-order valence-electron chi connectivity index (χ0n) is 14.7. The summed E-state index contributed by atoms with van der Waals surface area (Å²) in [7, 11) is 0. The van der Waals surface area contributed by atoms with Gasteiger partial charge in [0.05, 0.1) is 11.7 Å². The SMILES string of the molecule is Fc1ccc(Cc2cccc([C@@H]3CCCN3Cc3ccncc3)n2)cc1. The highest BCUT2D eigenvalue weighted by molar-refractivity contribution is 5.24. The van der Waals surface area contributed by atoms with E-state index < -0.39 is 0 Å². The molecule has 2 aromatic heterocycles. The maximum absolute atomic E-state index is 13.1. The first-order chi connectivity index (χ1) is 12.8. The van der Waals surface area contributed by atoms with Crippen molar-refractivity contribution in [3.05, 3.63) is 95.3 Å². The number of benzene rings is 1. The maximum atomic E-state index is 13.1. The lowest BCUT2D eigenvalue weighted by Gasteiger charge is -2.24. The molecule has 0 saturated carbocycles. The fourth-order valence-corrected chi connectivity index (χ4v) is 3.67. The normalized spacial score (nSPS) is 17.5. The Kier molecular flexibility index (Phi) is 5.02. The molecule has 1 saturated heterocycles. The van der Waals surface area contributed by atoms with E-state index in [0.29, 0.717) is 6.04 Å². The van der Waals surface area contributed by atoms with E-state index in [-0.39, 0.29) is 5.82 Å². The van der Waals surface area contributed by atoms with Crippen LogP contribution in [0.1, 0.15) is 41.4 Å². The number of rotatable bonds is 5. The quantitative estimate of drug-likeness (QED) is 0.678. The molecular formula is C22H22FN3. The molecule has 3 aromatic rings. The molecule has 132 valence electrons. The minimum Gasteiger partial charge on any atom is -0.291 e. The van der Waals surface area contributed by atoms with Crippen molar-refractivity contribution in [2.45, 2.75) is 31.8 Å². The smallest absolute Gasteiger partial charge is 0.123 e. The molecule has 1 atom stereocenters. The molecule has 3 heterocycles. The van der Waals surface area contributed by atoms with E-state index >= 15 is 0 Å². The highest BCUT2D eigenvalue weighted by Crippen LogP contribution is 2.32. The average Bonchev–Trinajstić information content (AvgIpc) is 3.13. The lowest BCUT2D eigenvalue weighted by atomic mass is 10.1. The van der Waals surface area contributed by atoms with E-state index in [4.69, 9.17) is 4.98 Å². The lowest BCUT2D eigenvalue weighted by molar-refractivity contribution is 0.244. The van der Waals surface area contributed by atoms with Crippen molar-refractivity contribution >= 4 is 0 Å². The van der Waals surface area contributed by atoms with Gasteiger partial charge in [-0.2, -0.15) is 0 Å². The molecule has 1 aliphatic rings. The molecular weight excluding hydrogens is 325 g/mol. The van der Waals surface area contributed by atoms with Gasteiger partial charge in [-0.3, -0.25) is 14.9 Å². The Morgan fingerprint density at radius 3 is 2.58 bits per heavy atom. The van der Waals surface area contributed by atoms with Crippen LogP contribution in [0.2, 0.25) is 0 Å². The molecule has 26 heavy (non-hydrogen) atoms. The largest absolute Gasteiger partial charge is 0.291 e. The van der Waals surface area contributed by atoms with Crippen molar-refractivity contribution in [1.29, 1.82) is 0 Å². The van der Waals surface area contributed by atoms with Crippen molar-refractivity contribution in [3.8, 4) is 0 Å². The maximum Gasteiger partial charge on any atom is 0.123 e. The molecule has 1 aromatic carbocycles. The van der Waals surface area contributed by atoms with Crippen LogP contribution in [-0.2, 0) is 13.0 Å². The van der Waals surface area contributed by atoms with E-state index in [1.165, 1.54) is 24.1 Å². The van der Waals surface area contributed by atoms with Crippen molar-refractivity contribution in [3.63, 3.8) is 0 Å². The Morgan fingerprint density at radius 2 is 1.77 bits per heavy atom. The van der Waals surface area contributed by atoms with Gasteiger partial charge in [-0.25, -0.2) is 4.39 Å². The monoisotopic (exact) mass is 347 g/mol. The van der Waals surface area contributed by atoms with Gasteiger partial charge in [-0.1, -0.05) is 18.2 Å². The first-order valence-electron chi connectivity index (χ1n) is 9.11. The molecule has 4 heteroatoms. The Morgan fingerprint density at radius 1 is 0.962 bits per heavy atom. The molecule has 0 radical (unpaired) electrons. The van der Waals surface area contributed by atoms with Crippen LogP contribution >= 0.6 is 0 Å². The Balaban J connectivity index is 1.50. The van der Waals surface area contributed by atoms with E-state index in [1.54, 1.807) is 0 Å². The number of halogens is 1. The average molecular weight is 347 g/mol. The van der Waals surface area contributed by atoms with E-state index in [1.807, 2.05) is 24.5 Å². The van der Waals surface area contributed by atoms with Crippen LogP contribution in [0.15, 0.2) is 67.0 Å². The van der Waals surface area contributed by atoms with Crippen LogP contribution in [0.5, 0.6) is 0 Å². The van der Waals surface area contributed by atoms with Crippen molar-refractivity contribution in [2.24, 2.45) is 0 Å². The molecule has 0 spiro atoms. The summed E-state index contributed by atoms with van der Waals surface area (Å²) < 4.78 is 13.1. The predicted octanol–water partition coefficient (Wildman–Crippen LogP) is 4.54. The minimum absolute atomic E-state index is 0.201. The molecule has 0 unspecified atom stereocenters. The Hall–Kier alpha value is -2.59. The van der Waals surface area contributed by atoms with Crippen molar-refractivity contribution in [1.82, 2.24) is 14.9 Å². The number of likely N-dealkylation sites (tertiary alicyclic amines) is 1. The standard InChI is InChI=1S/C22H22FN3/c23-19-8-6-17(7-9-19)15-20-3-1-4-21(25-20)22-5-2-14-26(22)16-18-10-12-24-13-11-18/h1,3-4,6-13,22H,2,5,14-16H2/t22-/m0/s1. The number of aromatic nitrogens is 2. The summed E-state index contributed by atoms with van der Waals surface area (Å²) in [6.07, 6.45) is 6.76. The van der Waals surface area contributed by atoms with Crippen molar-refractivity contribution < 1.29 is 4.39 Å². The number of nitrogens with zero attached hydrogens (tertiary/aromatic N) is 3. The zero-order chi connectivity index (χ0) is 17.8. The third kappa shape index (κ3) is 3.97. The minimum atomic E-state index is -0.201. The summed E-state index contributed by atoms with van der Waals surface area (Å²) in [5.74, 6) is -0.201. The van der Waals surface area contributed by atoms with Gasteiger partial charge in [0.25, 0.3) is 0 Å². The first kappa shape index (κ1) is 16.9. The van der Waals surface area contributed by atoms with Gasteiger partial charge in [0.2, 0.25) is 0 Å². The fraction of sp³-hybridized carbons (Fsp3) is 0.273. The summed E-state index contributed by atoms with van der Waals surface area (Å²) in [5, 5.41) is 0. The number of hydrogen-bond acceptors (Lipinski definition) is 3. The molecule has 0 amide bonds. The second-order valence-electron chi connectivity index (χ2n) is 6.84. The van der Waals surface area contributed by atoms with Gasteiger partial charge >= 0.3 is 0 Å². The Labute approximate surface area is 153 Å². The summed E-state index contributed by atoms with van der Waals surface area (Å²) in [4.78, 5) is 11.5. The second-order valence-corrected chi connectivity index (χ2v) is 6.84. The van der Waals surface area contributed by atoms with Gasteiger partial charge in [0.15, 0.2) is 0 Å². The predicted molar refractivity (Wildman–Crippen MR) is 100 cm³/mol. The molecule has 0 N–H and O–H groups in total. The summed E-state index contributed by atoms with van der Waals surface area (Å²) in [6, 6.07) is 17.4. The Bertz CT molecular complexity index is 849. The van der Waals surface area contributed by atoms with Crippen LogP contribution in [-0.4, -0.2) is 21.4 Å². The number of hydrogen-bond donors (Lipinski definition) is 0. The van der Waals surface area contributed by atoms with Crippen molar-refractivity contribution in [2.75, 3.05) is 6.54 Å². The summed E-state index contributed by atoms with van der Waals surface area (Å²) in [6.45, 7) is 2.02. The van der Waals surface area contributed by atoms with Gasteiger partial charge < -0.3 is 0 Å². The van der Waals surface area contributed by atoms with E-state index in [9.17, 15) is 4.39 Å². The lowest BCUT2D eigenvalue weighted by Crippen LogP contribution is -2.23. The van der Waals surface area contributed by atoms with Crippen LogP contribution in [0.4, 0.5) is 4.39 Å². The molecule has 1 aliphatic heterocycles. The summed E-state index contributed by atoms with van der Waals surface area (Å²) in [5.41, 5.74) is 4.53. The molecule has 0 bridgehead atoms.